The number of aliphatic hydroxyl groups is 1. The van der Waals surface area contributed by atoms with Crippen molar-refractivity contribution >= 4 is 40.6 Å². The molecule has 0 aliphatic rings. The maximum absolute atomic E-state index is 11.8. The Kier molecular flexibility index (Phi) is 7.41. The van der Waals surface area contributed by atoms with Gasteiger partial charge in [0.2, 0.25) is 0 Å². The van der Waals surface area contributed by atoms with Crippen LogP contribution in [0, 0.1) is 0 Å². The number of carboxylic acids is 1. The van der Waals surface area contributed by atoms with Crippen molar-refractivity contribution in [2.45, 2.75) is 25.2 Å². The van der Waals surface area contributed by atoms with Crippen molar-refractivity contribution in [3.05, 3.63) is 112 Å². The third kappa shape index (κ3) is 5.19. The molecule has 3 aromatic carbocycles. The Balaban J connectivity index is 1.63. The minimum Gasteiger partial charge on any atom is -0.478 e. The molecule has 5 heteroatoms. The fraction of sp³-hybridized carbons (Fsp3) is 0.172. The molecule has 0 saturated heterocycles. The minimum absolute atomic E-state index is 0.0768. The minimum atomic E-state index is -0.952. The van der Waals surface area contributed by atoms with Gasteiger partial charge in [-0.1, -0.05) is 79.2 Å². The second kappa shape index (κ2) is 10.6. The first-order valence-corrected chi connectivity index (χ1v) is 11.7. The summed E-state index contributed by atoms with van der Waals surface area (Å²) in [4.78, 5) is 16.4. The van der Waals surface area contributed by atoms with Gasteiger partial charge in [-0.05, 0) is 59.4 Å². The van der Waals surface area contributed by atoms with Gasteiger partial charge < -0.3 is 10.2 Å². The van der Waals surface area contributed by atoms with Crippen LogP contribution in [0.4, 0.5) is 0 Å². The molecular weight excluding hydrogens is 446 g/mol. The number of fused-ring (bicyclic) bond motifs is 1. The van der Waals surface area contributed by atoms with Gasteiger partial charge in [0.05, 0.1) is 23.4 Å². The third-order valence-electron chi connectivity index (χ3n) is 6.17. The zero-order valence-electron chi connectivity index (χ0n) is 18.9. The summed E-state index contributed by atoms with van der Waals surface area (Å²) >= 11 is 6.10. The van der Waals surface area contributed by atoms with Gasteiger partial charge in [0, 0.05) is 16.3 Å². The van der Waals surface area contributed by atoms with Crippen LogP contribution in [0.2, 0.25) is 5.02 Å². The van der Waals surface area contributed by atoms with Gasteiger partial charge in [-0.25, -0.2) is 9.78 Å². The van der Waals surface area contributed by atoms with Gasteiger partial charge in [0.25, 0.3) is 0 Å². The lowest BCUT2D eigenvalue weighted by Crippen LogP contribution is -2.17. The van der Waals surface area contributed by atoms with Crippen LogP contribution in [0.1, 0.15) is 57.9 Å². The Morgan fingerprint density at radius 3 is 2.53 bits per heavy atom. The number of carbonyl (C=O) groups is 1. The normalized spacial score (nSPS) is 13.3. The highest BCUT2D eigenvalue weighted by Gasteiger charge is 2.26. The lowest BCUT2D eigenvalue weighted by molar-refractivity contribution is 0.0694. The summed E-state index contributed by atoms with van der Waals surface area (Å²) < 4.78 is 0. The summed E-state index contributed by atoms with van der Waals surface area (Å²) in [6.45, 7) is 1.94. The smallest absolute Gasteiger partial charge is 0.335 e. The number of aliphatic hydroxyl groups excluding tert-OH is 1. The highest BCUT2D eigenvalue weighted by molar-refractivity contribution is 6.31. The summed E-state index contributed by atoms with van der Waals surface area (Å²) in [5, 5.41) is 21.6. The van der Waals surface area contributed by atoms with E-state index < -0.39 is 5.97 Å². The molecule has 34 heavy (non-hydrogen) atoms. The van der Waals surface area contributed by atoms with Crippen LogP contribution in [0.5, 0.6) is 0 Å². The van der Waals surface area contributed by atoms with Crippen molar-refractivity contribution in [3.8, 4) is 0 Å². The number of carboxylic acid groups (broad SMARTS) is 1. The molecule has 172 valence electrons. The molecule has 0 fully saturated rings. The predicted octanol–water partition coefficient (Wildman–Crippen LogP) is 7.03. The van der Waals surface area contributed by atoms with Crippen molar-refractivity contribution in [3.63, 3.8) is 0 Å². The standard InChI is InChI=1S/C29H26ClNO3/c1-2-24(25-8-3-4-9-26(25)29(33)34)27(18-32)21-7-5-6-19(16-21)10-14-23-15-12-20-11-13-22(30)17-28(20)31-23/h3-17,24,27,32H,2,18H2,1H3,(H,33,34). The van der Waals surface area contributed by atoms with E-state index in [2.05, 4.69) is 4.98 Å². The Labute approximate surface area is 204 Å². The van der Waals surface area contributed by atoms with Gasteiger partial charge in [-0.2, -0.15) is 0 Å². The van der Waals surface area contributed by atoms with E-state index in [1.165, 1.54) is 0 Å². The van der Waals surface area contributed by atoms with E-state index in [9.17, 15) is 15.0 Å². The second-order valence-electron chi connectivity index (χ2n) is 8.27. The van der Waals surface area contributed by atoms with E-state index in [0.29, 0.717) is 11.4 Å². The molecule has 0 amide bonds. The number of benzene rings is 3. The average molecular weight is 472 g/mol. The van der Waals surface area contributed by atoms with Crippen molar-refractivity contribution < 1.29 is 15.0 Å². The molecule has 4 nitrogen and oxygen atoms in total. The maximum Gasteiger partial charge on any atom is 0.335 e. The van der Waals surface area contributed by atoms with E-state index in [1.54, 1.807) is 12.1 Å². The van der Waals surface area contributed by atoms with Gasteiger partial charge in [0.15, 0.2) is 0 Å². The Morgan fingerprint density at radius 1 is 0.971 bits per heavy atom. The van der Waals surface area contributed by atoms with Crippen LogP contribution in [0.3, 0.4) is 0 Å². The predicted molar refractivity (Wildman–Crippen MR) is 138 cm³/mol. The number of nitrogens with zero attached hydrogens (tertiary/aromatic N) is 1. The number of hydrogen-bond acceptors (Lipinski definition) is 3. The van der Waals surface area contributed by atoms with Gasteiger partial charge >= 0.3 is 5.97 Å². The summed E-state index contributed by atoms with van der Waals surface area (Å²) in [7, 11) is 0. The SMILES string of the molecule is CCC(c1ccccc1C(=O)O)C(CO)c1cccc(C=Cc2ccc3ccc(Cl)cc3n2)c1. The number of halogens is 1. The largest absolute Gasteiger partial charge is 0.478 e. The highest BCUT2D eigenvalue weighted by atomic mass is 35.5. The first kappa shape index (κ1) is 23.7. The fourth-order valence-corrected chi connectivity index (χ4v) is 4.64. The fourth-order valence-electron chi connectivity index (χ4n) is 4.48. The monoisotopic (exact) mass is 471 g/mol. The molecule has 0 saturated carbocycles. The van der Waals surface area contributed by atoms with Crippen LogP contribution in [0.15, 0.2) is 78.9 Å². The maximum atomic E-state index is 11.8. The van der Waals surface area contributed by atoms with Crippen LogP contribution < -0.4 is 0 Å². The molecule has 1 aromatic heterocycles. The van der Waals surface area contributed by atoms with E-state index >= 15 is 0 Å². The molecule has 0 spiro atoms. The topological polar surface area (TPSA) is 70.4 Å². The lowest BCUT2D eigenvalue weighted by Gasteiger charge is -2.27. The molecule has 2 atom stereocenters. The molecular formula is C29H26ClNO3. The van der Waals surface area contributed by atoms with E-state index in [1.807, 2.05) is 85.8 Å². The molecule has 0 radical (unpaired) electrons. The third-order valence-corrected chi connectivity index (χ3v) is 6.41. The number of aromatic nitrogens is 1. The summed E-state index contributed by atoms with van der Waals surface area (Å²) in [6, 6.07) is 24.7. The molecule has 2 N–H and O–H groups in total. The first-order valence-electron chi connectivity index (χ1n) is 11.3. The van der Waals surface area contributed by atoms with Crippen molar-refractivity contribution in [2.75, 3.05) is 6.61 Å². The molecule has 0 aliphatic heterocycles. The van der Waals surface area contributed by atoms with Gasteiger partial charge in [-0.3, -0.25) is 0 Å². The van der Waals surface area contributed by atoms with E-state index in [4.69, 9.17) is 11.6 Å². The van der Waals surface area contributed by atoms with Crippen molar-refractivity contribution in [2.24, 2.45) is 0 Å². The van der Waals surface area contributed by atoms with Crippen LogP contribution in [-0.4, -0.2) is 27.8 Å². The van der Waals surface area contributed by atoms with Crippen molar-refractivity contribution in [1.29, 1.82) is 0 Å². The van der Waals surface area contributed by atoms with Crippen molar-refractivity contribution in [1.82, 2.24) is 4.98 Å². The molecule has 2 unspecified atom stereocenters. The number of rotatable bonds is 8. The van der Waals surface area contributed by atoms with Crippen LogP contribution in [0.25, 0.3) is 23.1 Å². The number of pyridine rings is 1. The summed E-state index contributed by atoms with van der Waals surface area (Å²) in [5.74, 6) is -1.30. The van der Waals surface area contributed by atoms with Gasteiger partial charge in [0.1, 0.15) is 0 Å². The molecule has 4 aromatic rings. The average Bonchev–Trinajstić information content (AvgIpc) is 2.85. The van der Waals surface area contributed by atoms with Crippen LogP contribution in [-0.2, 0) is 0 Å². The molecule has 1 heterocycles. The Morgan fingerprint density at radius 2 is 1.76 bits per heavy atom. The lowest BCUT2D eigenvalue weighted by atomic mass is 9.78. The second-order valence-corrected chi connectivity index (χ2v) is 8.71. The summed E-state index contributed by atoms with van der Waals surface area (Å²) in [6.07, 6.45) is 4.65. The zero-order chi connectivity index (χ0) is 24.1. The van der Waals surface area contributed by atoms with Crippen LogP contribution >= 0.6 is 11.6 Å². The van der Waals surface area contributed by atoms with E-state index in [0.717, 1.165) is 33.3 Å². The molecule has 4 rings (SSSR count). The van der Waals surface area contributed by atoms with E-state index in [-0.39, 0.29) is 24.0 Å². The quantitative estimate of drug-likeness (QED) is 0.289. The zero-order valence-corrected chi connectivity index (χ0v) is 19.6. The molecule has 0 aliphatic carbocycles. The first-order chi connectivity index (χ1) is 16.5. The number of hydrogen-bond donors (Lipinski definition) is 2. The Hall–Kier alpha value is -3.47. The Bertz CT molecular complexity index is 1350. The number of aromatic carboxylic acids is 1. The van der Waals surface area contributed by atoms with Gasteiger partial charge in [-0.15, -0.1) is 0 Å². The summed E-state index contributed by atoms with van der Waals surface area (Å²) in [5.41, 5.74) is 4.63. The highest BCUT2D eigenvalue weighted by Crippen LogP contribution is 2.37. The molecule has 0 bridgehead atoms.